The van der Waals surface area contributed by atoms with Crippen LogP contribution in [0.15, 0.2) is 41.3 Å². The number of benzene rings is 1. The van der Waals surface area contributed by atoms with Gasteiger partial charge in [-0.3, -0.25) is 0 Å². The van der Waals surface area contributed by atoms with Gasteiger partial charge in [0, 0.05) is 6.54 Å². The average Bonchev–Trinajstić information content (AvgIpc) is 2.81. The Morgan fingerprint density at radius 2 is 1.76 bits per heavy atom. The Morgan fingerprint density at radius 3 is 2.38 bits per heavy atom. The zero-order chi connectivity index (χ0) is 15.1. The van der Waals surface area contributed by atoms with E-state index in [1.165, 1.54) is 0 Å². The lowest BCUT2D eigenvalue weighted by molar-refractivity contribution is 0.173. The fourth-order valence-electron chi connectivity index (χ4n) is 3.81. The number of hydrogen-bond acceptors (Lipinski definition) is 2. The van der Waals surface area contributed by atoms with Crippen molar-refractivity contribution in [3.05, 3.63) is 42.0 Å². The molecule has 1 unspecified atom stereocenters. The van der Waals surface area contributed by atoms with Crippen LogP contribution in [0.25, 0.3) is 0 Å². The maximum absolute atomic E-state index is 13.1. The Bertz CT molecular complexity index is 648. The standard InChI is InChI=1S/C17H23NO2S/c1-14-7-9-16(10-8-14)21(19,20)18-13-4-3-11-17(18)12-5-6-15(17)2/h7-10H,2-6,11-13H2,1H3. The van der Waals surface area contributed by atoms with Crippen LogP contribution in [-0.4, -0.2) is 24.8 Å². The summed E-state index contributed by atoms with van der Waals surface area (Å²) in [6.07, 6.45) is 5.91. The van der Waals surface area contributed by atoms with E-state index >= 15 is 0 Å². The molecule has 21 heavy (non-hydrogen) atoms. The van der Waals surface area contributed by atoms with Crippen LogP contribution >= 0.6 is 0 Å². The third-order valence-corrected chi connectivity index (χ3v) is 7.00. The monoisotopic (exact) mass is 305 g/mol. The first kappa shape index (κ1) is 14.8. The van der Waals surface area contributed by atoms with E-state index in [2.05, 4.69) is 6.58 Å². The van der Waals surface area contributed by atoms with E-state index in [-0.39, 0.29) is 5.54 Å². The SMILES string of the molecule is C=C1CCCC12CCCCN2S(=O)(=O)c1ccc(C)cc1. The molecule has 1 heterocycles. The summed E-state index contributed by atoms with van der Waals surface area (Å²) in [6.45, 7) is 6.79. The molecule has 1 spiro atoms. The van der Waals surface area contributed by atoms with Gasteiger partial charge in [-0.2, -0.15) is 4.31 Å². The van der Waals surface area contributed by atoms with Crippen LogP contribution < -0.4 is 0 Å². The van der Waals surface area contributed by atoms with E-state index in [0.29, 0.717) is 11.4 Å². The number of aryl methyl sites for hydroxylation is 1. The lowest BCUT2D eigenvalue weighted by Gasteiger charge is -2.44. The molecule has 1 atom stereocenters. The van der Waals surface area contributed by atoms with Gasteiger partial charge in [0.25, 0.3) is 0 Å². The van der Waals surface area contributed by atoms with E-state index in [0.717, 1.165) is 49.7 Å². The highest BCUT2D eigenvalue weighted by molar-refractivity contribution is 7.89. The first-order chi connectivity index (χ1) is 9.97. The molecule has 1 aromatic carbocycles. The van der Waals surface area contributed by atoms with Crippen molar-refractivity contribution in [1.29, 1.82) is 0 Å². The lowest BCUT2D eigenvalue weighted by Crippen LogP contribution is -2.53. The summed E-state index contributed by atoms with van der Waals surface area (Å²) in [5, 5.41) is 0. The number of sulfonamides is 1. The Kier molecular flexibility index (Phi) is 3.70. The summed E-state index contributed by atoms with van der Waals surface area (Å²) in [4.78, 5) is 0.411. The van der Waals surface area contributed by atoms with Crippen LogP contribution in [0.1, 0.15) is 44.1 Å². The van der Waals surface area contributed by atoms with Crippen molar-refractivity contribution in [3.8, 4) is 0 Å². The van der Waals surface area contributed by atoms with Gasteiger partial charge >= 0.3 is 0 Å². The van der Waals surface area contributed by atoms with Crippen LogP contribution in [0.5, 0.6) is 0 Å². The van der Waals surface area contributed by atoms with Gasteiger partial charge in [-0.25, -0.2) is 8.42 Å². The van der Waals surface area contributed by atoms with Crippen molar-refractivity contribution < 1.29 is 8.42 Å². The molecule has 3 rings (SSSR count). The Hall–Kier alpha value is -1.13. The maximum Gasteiger partial charge on any atom is 0.243 e. The maximum atomic E-state index is 13.1. The minimum Gasteiger partial charge on any atom is -0.207 e. The van der Waals surface area contributed by atoms with Crippen molar-refractivity contribution in [1.82, 2.24) is 4.31 Å². The fraction of sp³-hybridized carbons (Fsp3) is 0.529. The molecule has 1 aliphatic carbocycles. The van der Waals surface area contributed by atoms with Gasteiger partial charge in [0.1, 0.15) is 0 Å². The first-order valence-electron chi connectivity index (χ1n) is 7.75. The van der Waals surface area contributed by atoms with Crippen LogP contribution in [0.4, 0.5) is 0 Å². The third kappa shape index (κ3) is 2.34. The van der Waals surface area contributed by atoms with Gasteiger partial charge in [0.15, 0.2) is 0 Å². The number of piperidine rings is 1. The molecule has 0 radical (unpaired) electrons. The predicted molar refractivity (Wildman–Crippen MR) is 84.6 cm³/mol. The lowest BCUT2D eigenvalue weighted by atomic mass is 9.84. The van der Waals surface area contributed by atoms with E-state index in [1.807, 2.05) is 19.1 Å². The molecule has 3 nitrogen and oxygen atoms in total. The molecule has 2 fully saturated rings. The van der Waals surface area contributed by atoms with Gasteiger partial charge in [0.05, 0.1) is 10.4 Å². The van der Waals surface area contributed by atoms with Crippen LogP contribution in [0.2, 0.25) is 0 Å². The van der Waals surface area contributed by atoms with Gasteiger partial charge < -0.3 is 0 Å². The van der Waals surface area contributed by atoms with Gasteiger partial charge in [-0.15, -0.1) is 0 Å². The molecule has 0 bridgehead atoms. The summed E-state index contributed by atoms with van der Waals surface area (Å²) in [5.74, 6) is 0. The van der Waals surface area contributed by atoms with Gasteiger partial charge in [-0.05, 0) is 57.6 Å². The van der Waals surface area contributed by atoms with Crippen molar-refractivity contribution in [2.75, 3.05) is 6.54 Å². The summed E-state index contributed by atoms with van der Waals surface area (Å²) in [7, 11) is -3.43. The Labute approximate surface area is 127 Å². The Morgan fingerprint density at radius 1 is 1.10 bits per heavy atom. The molecule has 114 valence electrons. The minimum atomic E-state index is -3.43. The minimum absolute atomic E-state index is 0.317. The second kappa shape index (κ2) is 5.25. The van der Waals surface area contributed by atoms with Crippen LogP contribution in [-0.2, 0) is 10.0 Å². The third-order valence-electron chi connectivity index (χ3n) is 5.01. The Balaban J connectivity index is 2.03. The van der Waals surface area contributed by atoms with E-state index in [9.17, 15) is 8.42 Å². The quantitative estimate of drug-likeness (QED) is 0.782. The topological polar surface area (TPSA) is 37.4 Å². The molecule has 0 amide bonds. The summed E-state index contributed by atoms with van der Waals surface area (Å²) in [5.41, 5.74) is 1.87. The summed E-state index contributed by atoms with van der Waals surface area (Å²) < 4.78 is 27.9. The summed E-state index contributed by atoms with van der Waals surface area (Å²) in [6, 6.07) is 7.19. The number of hydrogen-bond donors (Lipinski definition) is 0. The highest BCUT2D eigenvalue weighted by Gasteiger charge is 2.49. The molecule has 1 aliphatic heterocycles. The predicted octanol–water partition coefficient (Wildman–Crippen LogP) is 3.65. The van der Waals surface area contributed by atoms with Crippen molar-refractivity contribution in [3.63, 3.8) is 0 Å². The van der Waals surface area contributed by atoms with Crippen LogP contribution in [0, 0.1) is 6.92 Å². The molecular formula is C17H23NO2S. The molecule has 1 saturated heterocycles. The van der Waals surface area contributed by atoms with Gasteiger partial charge in [-0.1, -0.05) is 29.8 Å². The number of nitrogens with zero attached hydrogens (tertiary/aromatic N) is 1. The van der Waals surface area contributed by atoms with Gasteiger partial charge in [0.2, 0.25) is 10.0 Å². The highest BCUT2D eigenvalue weighted by atomic mass is 32.2. The average molecular weight is 305 g/mol. The van der Waals surface area contributed by atoms with Crippen molar-refractivity contribution in [2.24, 2.45) is 0 Å². The number of rotatable bonds is 2. The zero-order valence-electron chi connectivity index (χ0n) is 12.6. The van der Waals surface area contributed by atoms with E-state index in [4.69, 9.17) is 0 Å². The summed E-state index contributed by atoms with van der Waals surface area (Å²) >= 11 is 0. The zero-order valence-corrected chi connectivity index (χ0v) is 13.5. The smallest absolute Gasteiger partial charge is 0.207 e. The molecule has 2 aliphatic rings. The second-order valence-corrected chi connectivity index (χ2v) is 8.20. The van der Waals surface area contributed by atoms with E-state index in [1.54, 1.807) is 16.4 Å². The normalized spacial score (nSPS) is 27.4. The molecule has 1 aromatic rings. The highest BCUT2D eigenvalue weighted by Crippen LogP contribution is 2.47. The molecular weight excluding hydrogens is 282 g/mol. The molecule has 1 saturated carbocycles. The molecule has 0 aromatic heterocycles. The largest absolute Gasteiger partial charge is 0.243 e. The second-order valence-electron chi connectivity index (χ2n) is 6.34. The van der Waals surface area contributed by atoms with Crippen molar-refractivity contribution in [2.45, 2.75) is 55.9 Å². The fourth-order valence-corrected chi connectivity index (χ4v) is 5.68. The first-order valence-corrected chi connectivity index (χ1v) is 9.19. The van der Waals surface area contributed by atoms with Crippen molar-refractivity contribution >= 4 is 10.0 Å². The van der Waals surface area contributed by atoms with Crippen LogP contribution in [0.3, 0.4) is 0 Å². The molecule has 4 heteroatoms. The van der Waals surface area contributed by atoms with E-state index < -0.39 is 10.0 Å². The molecule has 0 N–H and O–H groups in total.